The molecule has 0 saturated heterocycles. The fourth-order valence-electron chi connectivity index (χ4n) is 2.04. The molecule has 1 aliphatic rings. The van der Waals surface area contributed by atoms with Crippen LogP contribution in [0, 0.1) is 5.82 Å². The Morgan fingerprint density at radius 3 is 2.74 bits per heavy atom. The predicted octanol–water partition coefficient (Wildman–Crippen LogP) is 2.48. The maximum absolute atomic E-state index is 13.1. The van der Waals surface area contributed by atoms with E-state index in [0.29, 0.717) is 32.0 Å². The van der Waals surface area contributed by atoms with Gasteiger partial charge in [0.2, 0.25) is 5.91 Å². The van der Waals surface area contributed by atoms with Crippen molar-refractivity contribution in [2.75, 3.05) is 6.54 Å². The van der Waals surface area contributed by atoms with Gasteiger partial charge >= 0.3 is 0 Å². The van der Waals surface area contributed by atoms with Crippen LogP contribution in [-0.4, -0.2) is 23.4 Å². The molecule has 0 aliphatic heterocycles. The lowest BCUT2D eigenvalue weighted by atomic mass is 10.2. The molecule has 1 aromatic rings. The van der Waals surface area contributed by atoms with E-state index in [0.717, 1.165) is 18.4 Å². The van der Waals surface area contributed by atoms with Crippen LogP contribution in [0.15, 0.2) is 24.3 Å². The Bertz CT molecular complexity index is 424. The monoisotopic (exact) mass is 286 g/mol. The van der Waals surface area contributed by atoms with Crippen molar-refractivity contribution < 1.29 is 9.18 Å². The summed E-state index contributed by atoms with van der Waals surface area (Å²) in [4.78, 5) is 13.9. The number of amides is 1. The van der Waals surface area contributed by atoms with Crippen molar-refractivity contribution in [1.29, 1.82) is 0 Å². The van der Waals surface area contributed by atoms with Crippen LogP contribution < -0.4 is 5.73 Å². The van der Waals surface area contributed by atoms with E-state index in [4.69, 9.17) is 5.73 Å². The van der Waals surface area contributed by atoms with Crippen LogP contribution >= 0.6 is 12.4 Å². The molecule has 1 aliphatic carbocycles. The summed E-state index contributed by atoms with van der Waals surface area (Å²) < 4.78 is 13.1. The van der Waals surface area contributed by atoms with Crippen molar-refractivity contribution in [2.45, 2.75) is 38.3 Å². The van der Waals surface area contributed by atoms with Crippen LogP contribution in [0.25, 0.3) is 0 Å². The normalized spacial score (nSPS) is 13.8. The van der Waals surface area contributed by atoms with E-state index >= 15 is 0 Å². The van der Waals surface area contributed by atoms with Crippen LogP contribution in [0.4, 0.5) is 4.39 Å². The molecule has 0 bridgehead atoms. The second kappa shape index (κ2) is 7.46. The summed E-state index contributed by atoms with van der Waals surface area (Å²) in [6.07, 6.45) is 3.32. The molecular formula is C14H20ClFN2O. The van der Waals surface area contributed by atoms with E-state index in [1.807, 2.05) is 11.0 Å². The average Bonchev–Trinajstić information content (AvgIpc) is 3.17. The average molecular weight is 287 g/mol. The van der Waals surface area contributed by atoms with Crippen molar-refractivity contribution in [1.82, 2.24) is 4.90 Å². The highest BCUT2D eigenvalue weighted by atomic mass is 35.5. The zero-order chi connectivity index (χ0) is 13.0. The Morgan fingerprint density at radius 2 is 2.16 bits per heavy atom. The minimum absolute atomic E-state index is 0. The lowest BCUT2D eigenvalue weighted by Crippen LogP contribution is -2.32. The molecule has 0 heterocycles. The van der Waals surface area contributed by atoms with E-state index in [9.17, 15) is 9.18 Å². The molecule has 1 fully saturated rings. The Labute approximate surface area is 119 Å². The first-order valence-corrected chi connectivity index (χ1v) is 6.44. The van der Waals surface area contributed by atoms with E-state index in [1.165, 1.54) is 12.1 Å². The van der Waals surface area contributed by atoms with Gasteiger partial charge in [-0.15, -0.1) is 12.4 Å². The third-order valence-electron chi connectivity index (χ3n) is 3.14. The van der Waals surface area contributed by atoms with Gasteiger partial charge in [-0.1, -0.05) is 12.1 Å². The van der Waals surface area contributed by atoms with Gasteiger partial charge in [-0.2, -0.15) is 0 Å². The molecule has 1 aromatic carbocycles. The first-order chi connectivity index (χ1) is 8.70. The maximum Gasteiger partial charge on any atom is 0.223 e. The summed E-state index contributed by atoms with van der Waals surface area (Å²) in [7, 11) is 0. The first-order valence-electron chi connectivity index (χ1n) is 6.44. The molecular weight excluding hydrogens is 267 g/mol. The summed E-state index contributed by atoms with van der Waals surface area (Å²) in [6, 6.07) is 6.79. The largest absolute Gasteiger partial charge is 0.335 e. The summed E-state index contributed by atoms with van der Waals surface area (Å²) in [5.41, 5.74) is 6.27. The minimum Gasteiger partial charge on any atom is -0.335 e. The molecule has 19 heavy (non-hydrogen) atoms. The van der Waals surface area contributed by atoms with Crippen LogP contribution in [0.2, 0.25) is 0 Å². The van der Waals surface area contributed by atoms with Crippen LogP contribution in [0.1, 0.15) is 31.2 Å². The van der Waals surface area contributed by atoms with E-state index in [2.05, 4.69) is 0 Å². The second-order valence-corrected chi connectivity index (χ2v) is 4.77. The molecule has 0 unspecified atom stereocenters. The van der Waals surface area contributed by atoms with Crippen molar-refractivity contribution >= 4 is 18.3 Å². The molecule has 1 amide bonds. The van der Waals surface area contributed by atoms with E-state index in [-0.39, 0.29) is 24.1 Å². The number of rotatable bonds is 6. The molecule has 0 atom stereocenters. The summed E-state index contributed by atoms with van der Waals surface area (Å²) in [5.74, 6) is -0.120. The minimum atomic E-state index is -0.252. The van der Waals surface area contributed by atoms with Gasteiger partial charge < -0.3 is 10.6 Å². The molecule has 0 radical (unpaired) electrons. The number of hydrogen-bond acceptors (Lipinski definition) is 2. The van der Waals surface area contributed by atoms with Crippen LogP contribution in [0.5, 0.6) is 0 Å². The lowest BCUT2D eigenvalue weighted by Gasteiger charge is -2.22. The van der Waals surface area contributed by atoms with Gasteiger partial charge in [-0.05, 0) is 43.5 Å². The van der Waals surface area contributed by atoms with Gasteiger partial charge in [0.05, 0.1) is 0 Å². The standard InChI is InChI=1S/C14H19FN2O.ClH/c15-12-4-1-3-11(9-12)10-17(13-6-7-13)14(18)5-2-8-16;/h1,3-4,9,13H,2,5-8,10,16H2;1H. The van der Waals surface area contributed by atoms with Crippen LogP contribution in [0.3, 0.4) is 0 Å². The number of halogens is 2. The predicted molar refractivity (Wildman–Crippen MR) is 75.5 cm³/mol. The van der Waals surface area contributed by atoms with Gasteiger partial charge in [-0.25, -0.2) is 4.39 Å². The highest BCUT2D eigenvalue weighted by Crippen LogP contribution is 2.29. The van der Waals surface area contributed by atoms with Crippen molar-refractivity contribution in [3.63, 3.8) is 0 Å². The van der Waals surface area contributed by atoms with E-state index < -0.39 is 0 Å². The Hall–Kier alpha value is -1.13. The third kappa shape index (κ3) is 4.80. The van der Waals surface area contributed by atoms with Gasteiger partial charge in [-0.3, -0.25) is 4.79 Å². The number of nitrogens with two attached hydrogens (primary N) is 1. The van der Waals surface area contributed by atoms with Gasteiger partial charge in [0.1, 0.15) is 5.82 Å². The lowest BCUT2D eigenvalue weighted by molar-refractivity contribution is -0.132. The topological polar surface area (TPSA) is 46.3 Å². The van der Waals surface area contributed by atoms with Crippen molar-refractivity contribution in [3.05, 3.63) is 35.6 Å². The van der Waals surface area contributed by atoms with Crippen molar-refractivity contribution in [3.8, 4) is 0 Å². The Balaban J connectivity index is 0.00000180. The molecule has 0 aromatic heterocycles. The quantitative estimate of drug-likeness (QED) is 0.873. The second-order valence-electron chi connectivity index (χ2n) is 4.77. The molecule has 0 spiro atoms. The molecule has 2 N–H and O–H groups in total. The van der Waals surface area contributed by atoms with Gasteiger partial charge in [0, 0.05) is 19.0 Å². The Morgan fingerprint density at radius 1 is 1.42 bits per heavy atom. The summed E-state index contributed by atoms with van der Waals surface area (Å²) >= 11 is 0. The molecule has 1 saturated carbocycles. The summed E-state index contributed by atoms with van der Waals surface area (Å²) in [5, 5.41) is 0. The highest BCUT2D eigenvalue weighted by molar-refractivity contribution is 5.85. The highest BCUT2D eigenvalue weighted by Gasteiger charge is 2.32. The van der Waals surface area contributed by atoms with E-state index in [1.54, 1.807) is 6.07 Å². The molecule has 3 nitrogen and oxygen atoms in total. The number of benzene rings is 1. The summed E-state index contributed by atoms with van der Waals surface area (Å²) in [6.45, 7) is 1.04. The molecule has 106 valence electrons. The zero-order valence-corrected chi connectivity index (χ0v) is 11.7. The Kier molecular flexibility index (Phi) is 6.25. The zero-order valence-electron chi connectivity index (χ0n) is 10.8. The van der Waals surface area contributed by atoms with Gasteiger partial charge in [0.15, 0.2) is 0 Å². The third-order valence-corrected chi connectivity index (χ3v) is 3.14. The number of carbonyl (C=O) groups excluding carboxylic acids is 1. The number of hydrogen-bond donors (Lipinski definition) is 1. The van der Waals surface area contributed by atoms with Crippen molar-refractivity contribution in [2.24, 2.45) is 5.73 Å². The number of nitrogens with zero attached hydrogens (tertiary/aromatic N) is 1. The maximum atomic E-state index is 13.1. The molecule has 2 rings (SSSR count). The van der Waals surface area contributed by atoms with Crippen LogP contribution in [-0.2, 0) is 11.3 Å². The van der Waals surface area contributed by atoms with Gasteiger partial charge in [0.25, 0.3) is 0 Å². The number of carbonyl (C=O) groups is 1. The fraction of sp³-hybridized carbons (Fsp3) is 0.500. The smallest absolute Gasteiger partial charge is 0.223 e. The fourth-order valence-corrected chi connectivity index (χ4v) is 2.04. The molecule has 5 heteroatoms. The first kappa shape index (κ1) is 15.9. The SMILES string of the molecule is Cl.NCCCC(=O)N(Cc1cccc(F)c1)C1CC1.